The third-order valence-electron chi connectivity index (χ3n) is 4.13. The van der Waals surface area contributed by atoms with E-state index in [2.05, 4.69) is 4.67 Å². The molecule has 0 spiro atoms. The van der Waals surface area contributed by atoms with Gasteiger partial charge in [0.2, 0.25) is 0 Å². The number of morpholine rings is 1. The second-order valence-corrected chi connectivity index (χ2v) is 10.9. The van der Waals surface area contributed by atoms with Gasteiger partial charge in [-0.05, 0) is 22.8 Å². The van der Waals surface area contributed by atoms with E-state index in [1.165, 1.54) is 0 Å². The van der Waals surface area contributed by atoms with Crippen LogP contribution in [0.3, 0.4) is 0 Å². The van der Waals surface area contributed by atoms with Crippen LogP contribution in [0.5, 0.6) is 0 Å². The summed E-state index contributed by atoms with van der Waals surface area (Å²) in [5.41, 5.74) is 1.92. The Labute approximate surface area is 170 Å². The molecule has 0 aromatic heterocycles. The van der Waals surface area contributed by atoms with E-state index in [-0.39, 0.29) is 0 Å². The zero-order valence-corrected chi connectivity index (χ0v) is 17.4. The van der Waals surface area contributed by atoms with E-state index in [1.54, 1.807) is 0 Å². The van der Waals surface area contributed by atoms with Crippen LogP contribution in [0.4, 0.5) is 0 Å². The quantitative estimate of drug-likeness (QED) is 0.532. The summed E-state index contributed by atoms with van der Waals surface area (Å²) in [7, 11) is 0. The van der Waals surface area contributed by atoms with Gasteiger partial charge in [-0.1, -0.05) is 95.7 Å². The largest absolute Gasteiger partial charge is 0.379 e. The molecule has 3 rings (SSSR count). The molecule has 1 heterocycles. The Balaban J connectivity index is 2.01. The summed E-state index contributed by atoms with van der Waals surface area (Å²) in [6.07, 6.45) is -2.24. The number of ether oxygens (including phenoxy) is 1. The maximum absolute atomic E-state index is 6.63. The predicted molar refractivity (Wildman–Crippen MR) is 117 cm³/mol. The molecule has 0 N–H and O–H groups in total. The fourth-order valence-electron chi connectivity index (χ4n) is 2.74. The van der Waals surface area contributed by atoms with E-state index in [4.69, 9.17) is 39.7 Å². The molecule has 2 aromatic carbocycles. The monoisotopic (exact) mass is 423 g/mol. The molecule has 136 valence electrons. The Morgan fingerprint density at radius 1 is 0.846 bits per heavy atom. The number of nitrogens with zero attached hydrogens (tertiary/aromatic N) is 1. The van der Waals surface area contributed by atoms with Crippen molar-refractivity contribution < 1.29 is 4.74 Å². The lowest BCUT2D eigenvalue weighted by atomic mass is 10.2. The molecule has 1 fully saturated rings. The molecule has 0 radical (unpaired) electrons. The fourth-order valence-corrected chi connectivity index (χ4v) is 7.49. The highest BCUT2D eigenvalue weighted by atomic mass is 35.5. The van der Waals surface area contributed by atoms with Crippen LogP contribution in [0, 0.1) is 0 Å². The van der Waals surface area contributed by atoms with Crippen molar-refractivity contribution in [3.63, 3.8) is 0 Å². The van der Waals surface area contributed by atoms with Gasteiger partial charge in [0.1, 0.15) is 0 Å². The second kappa shape index (κ2) is 9.32. The Morgan fingerprint density at radius 2 is 1.27 bits per heavy atom. The van der Waals surface area contributed by atoms with Gasteiger partial charge in [-0.25, -0.2) is 0 Å². The molecule has 1 aliphatic rings. The Kier molecular flexibility index (Phi) is 7.11. The molecule has 1 saturated heterocycles. The average molecular weight is 424 g/mol. The number of benzene rings is 2. The minimum atomic E-state index is -2.24. The van der Waals surface area contributed by atoms with E-state index in [0.717, 1.165) is 24.2 Å². The number of hydrogen-bond acceptors (Lipinski definition) is 2. The Bertz CT molecular complexity index is 774. The minimum absolute atomic E-state index is 0.661. The standard InChI is InChI=1S/C20H20Cl2NOPS/c21-19(17-7-3-1-4-8-17)15-25(26,23-11-13-24-14-12-23)16-20(22)18-9-5-2-6-10-18/h1-10,15-16H,11-14H2/b19-15+,20-16?. The molecule has 1 atom stereocenters. The molecule has 1 aliphatic heterocycles. The summed E-state index contributed by atoms with van der Waals surface area (Å²) < 4.78 is 7.78. The molecule has 0 amide bonds. The second-order valence-electron chi connectivity index (χ2n) is 5.92. The van der Waals surface area contributed by atoms with Crippen molar-refractivity contribution in [1.29, 1.82) is 0 Å². The van der Waals surface area contributed by atoms with Crippen LogP contribution in [-0.2, 0) is 16.5 Å². The molecule has 2 aromatic rings. The first-order valence-corrected chi connectivity index (χ1v) is 12.0. The lowest BCUT2D eigenvalue weighted by molar-refractivity contribution is 0.0753. The van der Waals surface area contributed by atoms with Crippen molar-refractivity contribution in [2.24, 2.45) is 0 Å². The first-order chi connectivity index (χ1) is 12.6. The first-order valence-electron chi connectivity index (χ1n) is 8.39. The van der Waals surface area contributed by atoms with Crippen LogP contribution in [-0.4, -0.2) is 31.0 Å². The van der Waals surface area contributed by atoms with Crippen LogP contribution in [0.2, 0.25) is 0 Å². The summed E-state index contributed by atoms with van der Waals surface area (Å²) in [6.45, 7) is 2.91. The molecule has 2 nitrogen and oxygen atoms in total. The molecule has 26 heavy (non-hydrogen) atoms. The summed E-state index contributed by atoms with van der Waals surface area (Å²) in [5.74, 6) is 4.02. The molecule has 0 aliphatic carbocycles. The Hall–Kier alpha value is -0.930. The first kappa shape index (κ1) is 19.8. The van der Waals surface area contributed by atoms with E-state index < -0.39 is 6.19 Å². The normalized spacial score (nSPS) is 19.2. The zero-order chi connectivity index (χ0) is 18.4. The van der Waals surface area contributed by atoms with E-state index in [0.29, 0.717) is 23.3 Å². The molecule has 0 saturated carbocycles. The smallest absolute Gasteiger partial charge is 0.0601 e. The summed E-state index contributed by atoms with van der Waals surface area (Å²) in [5, 5.41) is 1.32. The van der Waals surface area contributed by atoms with Gasteiger partial charge in [0.05, 0.1) is 29.5 Å². The van der Waals surface area contributed by atoms with Gasteiger partial charge in [-0.3, -0.25) is 4.67 Å². The van der Waals surface area contributed by atoms with Gasteiger partial charge in [0.15, 0.2) is 0 Å². The van der Waals surface area contributed by atoms with Crippen molar-refractivity contribution in [2.75, 3.05) is 26.3 Å². The van der Waals surface area contributed by atoms with Gasteiger partial charge in [0, 0.05) is 13.1 Å². The van der Waals surface area contributed by atoms with Crippen LogP contribution in [0.1, 0.15) is 11.1 Å². The van der Waals surface area contributed by atoms with E-state index in [1.807, 2.05) is 72.3 Å². The molecular weight excluding hydrogens is 404 g/mol. The molecule has 6 heteroatoms. The van der Waals surface area contributed by atoms with Crippen molar-refractivity contribution in [3.8, 4) is 0 Å². The topological polar surface area (TPSA) is 12.5 Å². The maximum atomic E-state index is 6.63. The van der Waals surface area contributed by atoms with E-state index >= 15 is 0 Å². The Morgan fingerprint density at radius 3 is 1.69 bits per heavy atom. The van der Waals surface area contributed by atoms with Crippen LogP contribution < -0.4 is 0 Å². The number of hydrogen-bond donors (Lipinski definition) is 0. The fraction of sp³-hybridized carbons (Fsp3) is 0.200. The zero-order valence-electron chi connectivity index (χ0n) is 14.2. The predicted octanol–water partition coefficient (Wildman–Crippen LogP) is 6.19. The molecule has 1 unspecified atom stereocenters. The number of halogens is 2. The highest BCUT2D eigenvalue weighted by Crippen LogP contribution is 2.57. The summed E-state index contributed by atoms with van der Waals surface area (Å²) in [6, 6.07) is 19.8. The van der Waals surface area contributed by atoms with Crippen LogP contribution >= 0.6 is 29.4 Å². The lowest BCUT2D eigenvalue weighted by Gasteiger charge is -2.34. The maximum Gasteiger partial charge on any atom is 0.0601 e. The van der Waals surface area contributed by atoms with Gasteiger partial charge >= 0.3 is 0 Å². The van der Waals surface area contributed by atoms with Gasteiger partial charge in [0.25, 0.3) is 0 Å². The van der Waals surface area contributed by atoms with Crippen molar-refractivity contribution >= 4 is 51.3 Å². The van der Waals surface area contributed by atoms with Crippen molar-refractivity contribution in [3.05, 3.63) is 83.4 Å². The molecular formula is C20H20Cl2NOPS. The summed E-state index contributed by atoms with van der Waals surface area (Å²) in [4.78, 5) is 0. The minimum Gasteiger partial charge on any atom is -0.379 e. The average Bonchev–Trinajstić information content (AvgIpc) is 2.70. The van der Waals surface area contributed by atoms with Crippen LogP contribution in [0.15, 0.2) is 72.3 Å². The third kappa shape index (κ3) is 5.07. The van der Waals surface area contributed by atoms with Gasteiger partial charge in [-0.2, -0.15) is 0 Å². The summed E-state index contributed by atoms with van der Waals surface area (Å²) >= 11 is 19.4. The van der Waals surface area contributed by atoms with Crippen LogP contribution in [0.25, 0.3) is 10.1 Å². The highest BCUT2D eigenvalue weighted by Gasteiger charge is 2.25. The third-order valence-corrected chi connectivity index (χ3v) is 8.95. The van der Waals surface area contributed by atoms with Crippen molar-refractivity contribution in [1.82, 2.24) is 4.67 Å². The highest BCUT2D eigenvalue weighted by molar-refractivity contribution is 8.16. The SMILES string of the molecule is S=P(C=C(Cl)c1ccccc1)(/C=C(/Cl)c1ccccc1)N1CCOCC1. The van der Waals surface area contributed by atoms with E-state index in [9.17, 15) is 0 Å². The van der Waals surface area contributed by atoms with Gasteiger partial charge in [-0.15, -0.1) is 0 Å². The van der Waals surface area contributed by atoms with Gasteiger partial charge < -0.3 is 4.74 Å². The number of rotatable bonds is 5. The van der Waals surface area contributed by atoms with Crippen molar-refractivity contribution in [2.45, 2.75) is 0 Å². The lowest BCUT2D eigenvalue weighted by Crippen LogP contribution is -2.32. The molecule has 0 bridgehead atoms.